The molecule has 0 radical (unpaired) electrons. The van der Waals surface area contributed by atoms with Crippen molar-refractivity contribution in [3.05, 3.63) is 17.3 Å². The third-order valence-electron chi connectivity index (χ3n) is 2.53. The number of hydrogen-bond donors (Lipinski definition) is 2. The number of aromatic hydroxyl groups is 1. The Kier molecular flexibility index (Phi) is 3.25. The van der Waals surface area contributed by atoms with Gasteiger partial charge in [0.15, 0.2) is 11.6 Å². The van der Waals surface area contributed by atoms with Gasteiger partial charge in [-0.25, -0.2) is 4.98 Å². The second kappa shape index (κ2) is 4.51. The third-order valence-corrected chi connectivity index (χ3v) is 3.26. The van der Waals surface area contributed by atoms with Crippen LogP contribution in [-0.2, 0) is 4.79 Å². The van der Waals surface area contributed by atoms with E-state index in [-0.39, 0.29) is 23.4 Å². The summed E-state index contributed by atoms with van der Waals surface area (Å²) in [6.07, 6.45) is 1.87. The molecule has 1 aliphatic rings. The highest BCUT2D eigenvalue weighted by Gasteiger charge is 2.31. The third kappa shape index (κ3) is 2.10. The fraction of sp³-hybridized carbons (Fsp3) is 0.400. The molecule has 1 aromatic rings. The summed E-state index contributed by atoms with van der Waals surface area (Å²) in [5.74, 6) is 1.03. The Morgan fingerprint density at radius 3 is 3.00 bits per heavy atom. The van der Waals surface area contributed by atoms with Crippen molar-refractivity contribution in [2.75, 3.05) is 17.2 Å². The van der Waals surface area contributed by atoms with Crippen molar-refractivity contribution >= 4 is 36.0 Å². The smallest absolute Gasteiger partial charge is 0.228 e. The van der Waals surface area contributed by atoms with Gasteiger partial charge in [-0.2, -0.15) is 12.6 Å². The second-order valence-corrected chi connectivity index (χ2v) is 4.55. The number of halogens is 1. The monoisotopic (exact) mass is 258 g/mol. The quantitative estimate of drug-likeness (QED) is 0.795. The zero-order valence-corrected chi connectivity index (χ0v) is 10.1. The van der Waals surface area contributed by atoms with Crippen LogP contribution in [0.5, 0.6) is 5.75 Å². The molecule has 1 unspecified atom stereocenters. The van der Waals surface area contributed by atoms with E-state index >= 15 is 0 Å². The van der Waals surface area contributed by atoms with Crippen molar-refractivity contribution in [3.8, 4) is 5.75 Å². The number of carbonyl (C=O) groups excluding carboxylic acids is 1. The summed E-state index contributed by atoms with van der Waals surface area (Å²) < 4.78 is 0. The predicted octanol–water partition coefficient (Wildman–Crippen LogP) is 1.72. The minimum absolute atomic E-state index is 0.0378. The van der Waals surface area contributed by atoms with Crippen LogP contribution in [0, 0.1) is 5.92 Å². The van der Waals surface area contributed by atoms with Gasteiger partial charge in [0, 0.05) is 25.2 Å². The van der Waals surface area contributed by atoms with E-state index < -0.39 is 0 Å². The van der Waals surface area contributed by atoms with Crippen LogP contribution < -0.4 is 4.90 Å². The maximum Gasteiger partial charge on any atom is 0.228 e. The number of hydrogen-bond acceptors (Lipinski definition) is 4. The average molecular weight is 259 g/mol. The summed E-state index contributed by atoms with van der Waals surface area (Å²) in [5, 5.41) is 10.0. The van der Waals surface area contributed by atoms with E-state index in [1.807, 2.05) is 0 Å². The number of pyridine rings is 1. The minimum atomic E-state index is -0.0688. The number of amides is 1. The van der Waals surface area contributed by atoms with Crippen LogP contribution in [0.3, 0.4) is 0 Å². The molecule has 1 N–H and O–H groups in total. The van der Waals surface area contributed by atoms with Crippen LogP contribution in [0.4, 0.5) is 5.82 Å². The van der Waals surface area contributed by atoms with E-state index in [1.165, 1.54) is 17.2 Å². The maximum atomic E-state index is 11.7. The molecule has 1 atom stereocenters. The molecule has 2 heterocycles. The van der Waals surface area contributed by atoms with Gasteiger partial charge >= 0.3 is 0 Å². The van der Waals surface area contributed by atoms with Crippen molar-refractivity contribution in [2.45, 2.75) is 6.42 Å². The predicted molar refractivity (Wildman–Crippen MR) is 65.2 cm³/mol. The van der Waals surface area contributed by atoms with Gasteiger partial charge in [0.25, 0.3) is 0 Å². The molecule has 2 rings (SSSR count). The van der Waals surface area contributed by atoms with Crippen molar-refractivity contribution in [2.24, 2.45) is 5.92 Å². The van der Waals surface area contributed by atoms with Crippen molar-refractivity contribution in [3.63, 3.8) is 0 Å². The Bertz CT molecular complexity index is 427. The number of aromatic nitrogens is 1. The Labute approximate surface area is 104 Å². The SMILES string of the molecule is O=C1CC(CS)CN1c1ncc(Cl)cc1O. The summed E-state index contributed by atoms with van der Waals surface area (Å²) in [7, 11) is 0. The summed E-state index contributed by atoms with van der Waals surface area (Å²) >= 11 is 9.85. The fourth-order valence-corrected chi connectivity index (χ4v) is 2.13. The number of thiol groups is 1. The highest BCUT2D eigenvalue weighted by molar-refractivity contribution is 7.80. The van der Waals surface area contributed by atoms with Crippen molar-refractivity contribution in [1.82, 2.24) is 4.98 Å². The molecule has 4 nitrogen and oxygen atoms in total. The Morgan fingerprint density at radius 2 is 2.44 bits per heavy atom. The van der Waals surface area contributed by atoms with Crippen LogP contribution in [0.15, 0.2) is 12.3 Å². The summed E-state index contributed by atoms with van der Waals surface area (Å²) in [6.45, 7) is 0.546. The van der Waals surface area contributed by atoms with E-state index in [9.17, 15) is 9.90 Å². The largest absolute Gasteiger partial charge is 0.504 e. The van der Waals surface area contributed by atoms with Crippen LogP contribution in [0.1, 0.15) is 6.42 Å². The summed E-state index contributed by atoms with van der Waals surface area (Å²) in [5.41, 5.74) is 0. The fourth-order valence-electron chi connectivity index (χ4n) is 1.74. The lowest BCUT2D eigenvalue weighted by atomic mass is 10.1. The number of anilines is 1. The Balaban J connectivity index is 2.28. The van der Waals surface area contributed by atoms with Gasteiger partial charge in [-0.3, -0.25) is 9.69 Å². The van der Waals surface area contributed by atoms with Gasteiger partial charge in [0.1, 0.15) is 0 Å². The summed E-state index contributed by atoms with van der Waals surface area (Å²) in [6, 6.07) is 1.38. The molecule has 0 spiro atoms. The van der Waals surface area contributed by atoms with Gasteiger partial charge < -0.3 is 5.11 Å². The lowest BCUT2D eigenvalue weighted by Crippen LogP contribution is -2.25. The van der Waals surface area contributed by atoms with E-state index in [1.54, 1.807) is 0 Å². The molecular formula is C10H11ClN2O2S. The molecule has 0 bridgehead atoms. The molecule has 1 aliphatic heterocycles. The van der Waals surface area contributed by atoms with Gasteiger partial charge in [0.2, 0.25) is 5.91 Å². The summed E-state index contributed by atoms with van der Waals surface area (Å²) in [4.78, 5) is 17.1. The Morgan fingerprint density at radius 1 is 1.69 bits per heavy atom. The van der Waals surface area contributed by atoms with Gasteiger partial charge in [-0.1, -0.05) is 11.6 Å². The van der Waals surface area contributed by atoms with Crippen LogP contribution in [-0.4, -0.2) is 28.3 Å². The molecular weight excluding hydrogens is 248 g/mol. The molecule has 0 aromatic carbocycles. The van der Waals surface area contributed by atoms with E-state index in [0.29, 0.717) is 23.7 Å². The normalized spacial score (nSPS) is 20.5. The minimum Gasteiger partial charge on any atom is -0.504 e. The topological polar surface area (TPSA) is 53.4 Å². The first-order valence-electron chi connectivity index (χ1n) is 4.87. The average Bonchev–Trinajstić information content (AvgIpc) is 2.60. The zero-order chi connectivity index (χ0) is 11.7. The molecule has 16 heavy (non-hydrogen) atoms. The molecule has 1 fully saturated rings. The zero-order valence-electron chi connectivity index (χ0n) is 8.43. The highest BCUT2D eigenvalue weighted by atomic mass is 35.5. The highest BCUT2D eigenvalue weighted by Crippen LogP contribution is 2.32. The van der Waals surface area contributed by atoms with Gasteiger partial charge in [-0.15, -0.1) is 0 Å². The molecule has 1 saturated heterocycles. The molecule has 1 aromatic heterocycles. The molecule has 0 saturated carbocycles. The molecule has 0 aliphatic carbocycles. The first-order valence-corrected chi connectivity index (χ1v) is 5.88. The molecule has 1 amide bonds. The van der Waals surface area contributed by atoms with Crippen molar-refractivity contribution < 1.29 is 9.90 Å². The van der Waals surface area contributed by atoms with Crippen molar-refractivity contribution in [1.29, 1.82) is 0 Å². The molecule has 86 valence electrons. The van der Waals surface area contributed by atoms with Crippen LogP contribution in [0.25, 0.3) is 0 Å². The molecule has 6 heteroatoms. The number of rotatable bonds is 2. The number of nitrogens with zero attached hydrogens (tertiary/aromatic N) is 2. The first-order chi connectivity index (χ1) is 7.61. The Hall–Kier alpha value is -0.940. The van der Waals surface area contributed by atoms with Crippen LogP contribution >= 0.6 is 24.2 Å². The standard InChI is InChI=1S/C10H11ClN2O2S/c11-7-2-8(14)10(12-3-7)13-4-6(5-16)1-9(13)15/h2-3,6,14,16H,1,4-5H2. The van der Waals surface area contributed by atoms with E-state index in [2.05, 4.69) is 17.6 Å². The maximum absolute atomic E-state index is 11.7. The lowest BCUT2D eigenvalue weighted by Gasteiger charge is -2.16. The van der Waals surface area contributed by atoms with Gasteiger partial charge in [-0.05, 0) is 11.7 Å². The van der Waals surface area contributed by atoms with Crippen LogP contribution in [0.2, 0.25) is 5.02 Å². The van der Waals surface area contributed by atoms with Gasteiger partial charge in [0.05, 0.1) is 5.02 Å². The van der Waals surface area contributed by atoms with E-state index in [0.717, 1.165) is 0 Å². The van der Waals surface area contributed by atoms with E-state index in [4.69, 9.17) is 11.6 Å². The lowest BCUT2D eigenvalue weighted by molar-refractivity contribution is -0.117. The number of carbonyl (C=O) groups is 1. The first kappa shape index (κ1) is 11.5. The second-order valence-electron chi connectivity index (χ2n) is 3.75.